The van der Waals surface area contributed by atoms with E-state index < -0.39 is 15.8 Å². The quantitative estimate of drug-likeness (QED) is 0.672. The fourth-order valence-electron chi connectivity index (χ4n) is 4.17. The van der Waals surface area contributed by atoms with Crippen molar-refractivity contribution in [2.75, 3.05) is 36.6 Å². The van der Waals surface area contributed by atoms with Gasteiger partial charge in [-0.05, 0) is 37.5 Å². The molecule has 0 saturated carbocycles. The number of rotatable bonds is 7. The van der Waals surface area contributed by atoms with Crippen molar-refractivity contribution in [3.8, 4) is 5.75 Å². The standard InChI is InChI=1S/C21H30N2O5S/c1-4-5-9-22(17-8-10-29(26,27)14-17)21(25)16-12-20(24)23(13-16)18-11-15(2)6-7-19(18)28-3/h6-7,11,16-17H,4-5,8-10,12-14H2,1-3H3. The van der Waals surface area contributed by atoms with E-state index in [2.05, 4.69) is 0 Å². The number of unbranched alkanes of at least 4 members (excludes halogenated alkanes) is 1. The van der Waals surface area contributed by atoms with Crippen LogP contribution in [0.25, 0.3) is 0 Å². The minimum absolute atomic E-state index is 0.0263. The Bertz CT molecular complexity index is 883. The third-order valence-corrected chi connectivity index (χ3v) is 7.53. The van der Waals surface area contributed by atoms with E-state index in [1.54, 1.807) is 16.9 Å². The molecule has 2 fully saturated rings. The third-order valence-electron chi connectivity index (χ3n) is 5.78. The van der Waals surface area contributed by atoms with Gasteiger partial charge in [-0.2, -0.15) is 0 Å². The Labute approximate surface area is 172 Å². The van der Waals surface area contributed by atoms with Crippen LogP contribution in [0.5, 0.6) is 5.75 Å². The summed E-state index contributed by atoms with van der Waals surface area (Å²) < 4.78 is 29.3. The van der Waals surface area contributed by atoms with Gasteiger partial charge < -0.3 is 14.5 Å². The summed E-state index contributed by atoms with van der Waals surface area (Å²) in [6, 6.07) is 5.35. The molecule has 29 heavy (non-hydrogen) atoms. The van der Waals surface area contributed by atoms with Gasteiger partial charge in [0.2, 0.25) is 11.8 Å². The topological polar surface area (TPSA) is 84.0 Å². The molecular weight excluding hydrogens is 392 g/mol. The summed E-state index contributed by atoms with van der Waals surface area (Å²) in [4.78, 5) is 29.4. The molecule has 2 amide bonds. The molecule has 2 saturated heterocycles. The Morgan fingerprint density at radius 3 is 2.72 bits per heavy atom. The van der Waals surface area contributed by atoms with Crippen molar-refractivity contribution >= 4 is 27.3 Å². The molecule has 8 heteroatoms. The zero-order valence-electron chi connectivity index (χ0n) is 17.4. The number of ether oxygens (including phenoxy) is 1. The SMILES string of the molecule is CCCCN(C(=O)C1CC(=O)N(c2cc(C)ccc2OC)C1)C1CCS(=O)(=O)C1. The van der Waals surface area contributed by atoms with Crippen molar-refractivity contribution in [3.05, 3.63) is 23.8 Å². The predicted octanol–water partition coefficient (Wildman–Crippen LogP) is 2.17. The monoisotopic (exact) mass is 422 g/mol. The number of hydrogen-bond acceptors (Lipinski definition) is 5. The summed E-state index contributed by atoms with van der Waals surface area (Å²) in [6.45, 7) is 4.81. The first-order valence-electron chi connectivity index (χ1n) is 10.2. The average molecular weight is 423 g/mol. The van der Waals surface area contributed by atoms with Crippen LogP contribution in [0.3, 0.4) is 0 Å². The molecular formula is C21H30N2O5S. The Balaban J connectivity index is 1.80. The van der Waals surface area contributed by atoms with Gasteiger partial charge in [-0.1, -0.05) is 19.4 Å². The van der Waals surface area contributed by atoms with Gasteiger partial charge >= 0.3 is 0 Å². The van der Waals surface area contributed by atoms with E-state index in [-0.39, 0.29) is 35.8 Å². The number of hydrogen-bond donors (Lipinski definition) is 0. The van der Waals surface area contributed by atoms with Crippen molar-refractivity contribution < 1.29 is 22.7 Å². The van der Waals surface area contributed by atoms with E-state index in [0.717, 1.165) is 18.4 Å². The molecule has 0 bridgehead atoms. The fourth-order valence-corrected chi connectivity index (χ4v) is 5.90. The molecule has 2 atom stereocenters. The minimum atomic E-state index is -3.09. The second-order valence-corrected chi connectivity index (χ2v) is 10.3. The highest BCUT2D eigenvalue weighted by Crippen LogP contribution is 2.35. The summed E-state index contributed by atoms with van der Waals surface area (Å²) in [6.07, 6.45) is 2.35. The normalized spacial score (nSPS) is 23.4. The second-order valence-electron chi connectivity index (χ2n) is 8.02. The Hall–Kier alpha value is -2.09. The maximum absolute atomic E-state index is 13.3. The van der Waals surface area contributed by atoms with Crippen LogP contribution in [-0.4, -0.2) is 62.9 Å². The second kappa shape index (κ2) is 8.73. The third kappa shape index (κ3) is 4.74. The van der Waals surface area contributed by atoms with Gasteiger partial charge in [0.05, 0.1) is 30.2 Å². The van der Waals surface area contributed by atoms with Crippen LogP contribution >= 0.6 is 0 Å². The molecule has 3 rings (SSSR count). The van der Waals surface area contributed by atoms with Gasteiger partial charge in [0.25, 0.3) is 0 Å². The molecule has 0 aliphatic carbocycles. The summed E-state index contributed by atoms with van der Waals surface area (Å²) in [5, 5.41) is 0. The molecule has 160 valence electrons. The lowest BCUT2D eigenvalue weighted by molar-refractivity contribution is -0.137. The van der Waals surface area contributed by atoms with Gasteiger partial charge in [-0.25, -0.2) is 8.42 Å². The maximum Gasteiger partial charge on any atom is 0.228 e. The lowest BCUT2D eigenvalue weighted by Crippen LogP contribution is -2.45. The Morgan fingerprint density at radius 2 is 2.10 bits per heavy atom. The Morgan fingerprint density at radius 1 is 1.34 bits per heavy atom. The van der Waals surface area contributed by atoms with E-state index in [1.165, 1.54) is 0 Å². The molecule has 0 radical (unpaired) electrons. The van der Waals surface area contributed by atoms with E-state index >= 15 is 0 Å². The first-order chi connectivity index (χ1) is 13.8. The molecule has 0 aromatic heterocycles. The van der Waals surface area contributed by atoms with Crippen molar-refractivity contribution in [2.45, 2.75) is 45.6 Å². The molecule has 0 N–H and O–H groups in total. The van der Waals surface area contributed by atoms with Crippen LogP contribution in [-0.2, 0) is 19.4 Å². The molecule has 2 aliphatic rings. The molecule has 2 heterocycles. The van der Waals surface area contributed by atoms with E-state index in [4.69, 9.17) is 4.74 Å². The number of carbonyl (C=O) groups is 2. The number of methoxy groups -OCH3 is 1. The lowest BCUT2D eigenvalue weighted by Gasteiger charge is -2.30. The van der Waals surface area contributed by atoms with Gasteiger partial charge in [-0.3, -0.25) is 9.59 Å². The Kier molecular flexibility index (Phi) is 6.51. The zero-order chi connectivity index (χ0) is 21.2. The highest BCUT2D eigenvalue weighted by molar-refractivity contribution is 7.91. The van der Waals surface area contributed by atoms with Crippen molar-refractivity contribution in [3.63, 3.8) is 0 Å². The van der Waals surface area contributed by atoms with E-state index in [0.29, 0.717) is 30.9 Å². The van der Waals surface area contributed by atoms with Gasteiger partial charge in [0.15, 0.2) is 9.84 Å². The maximum atomic E-state index is 13.3. The number of aryl methyl sites for hydroxylation is 1. The van der Waals surface area contributed by atoms with E-state index in [1.807, 2.05) is 32.0 Å². The predicted molar refractivity (Wildman–Crippen MR) is 112 cm³/mol. The van der Waals surface area contributed by atoms with Crippen molar-refractivity contribution in [1.82, 2.24) is 4.90 Å². The van der Waals surface area contributed by atoms with Crippen LogP contribution in [0.1, 0.15) is 38.2 Å². The fraction of sp³-hybridized carbons (Fsp3) is 0.619. The van der Waals surface area contributed by atoms with Gasteiger partial charge in [0, 0.05) is 25.6 Å². The molecule has 0 spiro atoms. The summed E-state index contributed by atoms with van der Waals surface area (Å²) in [7, 11) is -1.53. The lowest BCUT2D eigenvalue weighted by atomic mass is 10.0. The highest BCUT2D eigenvalue weighted by Gasteiger charge is 2.41. The molecule has 7 nitrogen and oxygen atoms in total. The molecule has 2 aliphatic heterocycles. The number of anilines is 1. The molecule has 2 unspecified atom stereocenters. The summed E-state index contributed by atoms with van der Waals surface area (Å²) >= 11 is 0. The van der Waals surface area contributed by atoms with Gasteiger partial charge in [-0.15, -0.1) is 0 Å². The van der Waals surface area contributed by atoms with Gasteiger partial charge in [0.1, 0.15) is 5.75 Å². The van der Waals surface area contributed by atoms with Crippen LogP contribution in [0.4, 0.5) is 5.69 Å². The highest BCUT2D eigenvalue weighted by atomic mass is 32.2. The first kappa shape index (κ1) is 21.6. The summed E-state index contributed by atoms with van der Waals surface area (Å²) in [5.74, 6) is 0.0712. The largest absolute Gasteiger partial charge is 0.495 e. The first-order valence-corrected chi connectivity index (χ1v) is 12.0. The summed E-state index contributed by atoms with van der Waals surface area (Å²) in [5.41, 5.74) is 1.68. The van der Waals surface area contributed by atoms with Crippen LogP contribution in [0, 0.1) is 12.8 Å². The number of carbonyl (C=O) groups excluding carboxylic acids is 2. The van der Waals surface area contributed by atoms with Crippen LogP contribution < -0.4 is 9.64 Å². The molecule has 1 aromatic carbocycles. The average Bonchev–Trinajstić information content (AvgIpc) is 3.24. The van der Waals surface area contributed by atoms with Crippen LogP contribution in [0.15, 0.2) is 18.2 Å². The van der Waals surface area contributed by atoms with Crippen molar-refractivity contribution in [2.24, 2.45) is 5.92 Å². The number of nitrogens with zero attached hydrogens (tertiary/aromatic N) is 2. The number of benzene rings is 1. The number of amides is 2. The minimum Gasteiger partial charge on any atom is -0.495 e. The zero-order valence-corrected chi connectivity index (χ0v) is 18.2. The van der Waals surface area contributed by atoms with E-state index in [9.17, 15) is 18.0 Å². The number of sulfone groups is 1. The van der Waals surface area contributed by atoms with Crippen LogP contribution in [0.2, 0.25) is 0 Å². The smallest absolute Gasteiger partial charge is 0.228 e. The molecule has 1 aromatic rings. The van der Waals surface area contributed by atoms with Crippen molar-refractivity contribution in [1.29, 1.82) is 0 Å².